The van der Waals surface area contributed by atoms with Gasteiger partial charge in [-0.15, -0.1) is 0 Å². The predicted molar refractivity (Wildman–Crippen MR) is 125 cm³/mol. The molecule has 1 fully saturated rings. The quantitative estimate of drug-likeness (QED) is 0.454. The molecule has 33 heavy (non-hydrogen) atoms. The zero-order valence-electron chi connectivity index (χ0n) is 18.2. The molecule has 1 N–H and O–H groups in total. The first-order valence-electron chi connectivity index (χ1n) is 11.1. The van der Waals surface area contributed by atoms with E-state index in [1.807, 2.05) is 18.2 Å². The summed E-state index contributed by atoms with van der Waals surface area (Å²) in [6, 6.07) is 22.8. The fraction of sp³-hybridized carbons (Fsp3) is 0.240. The van der Waals surface area contributed by atoms with Gasteiger partial charge < -0.3 is 10.2 Å². The van der Waals surface area contributed by atoms with Gasteiger partial charge in [-0.25, -0.2) is 19.6 Å². The second-order valence-corrected chi connectivity index (χ2v) is 8.13. The molecule has 4 aromatic rings. The summed E-state index contributed by atoms with van der Waals surface area (Å²) in [5.41, 5.74) is 2.53. The number of hydrogen-bond donors (Lipinski definition) is 1. The van der Waals surface area contributed by atoms with Crippen molar-refractivity contribution in [2.45, 2.75) is 12.3 Å². The number of rotatable bonds is 8. The Balaban J connectivity index is 1.15. The maximum absolute atomic E-state index is 12.7. The van der Waals surface area contributed by atoms with Crippen LogP contribution in [-0.4, -0.2) is 50.3 Å². The summed E-state index contributed by atoms with van der Waals surface area (Å²) in [6.45, 7) is 1.91. The van der Waals surface area contributed by atoms with Gasteiger partial charge in [0.05, 0.1) is 5.92 Å². The molecule has 8 nitrogen and oxygen atoms in total. The van der Waals surface area contributed by atoms with Crippen molar-refractivity contribution in [3.05, 3.63) is 96.8 Å². The van der Waals surface area contributed by atoms with Crippen LogP contribution >= 0.6 is 0 Å². The third-order valence-corrected chi connectivity index (χ3v) is 6.00. The molecule has 0 bridgehead atoms. The SMILES string of the molecule is O=C(NCCC(c1ccccc1)c1ccccc1)C1CN(c2cc(-n3cncn3)ncn2)C1. The number of anilines is 1. The van der Waals surface area contributed by atoms with Crippen LogP contribution in [0, 0.1) is 5.92 Å². The first-order valence-corrected chi connectivity index (χ1v) is 11.1. The molecule has 0 radical (unpaired) electrons. The zero-order chi connectivity index (χ0) is 22.5. The van der Waals surface area contributed by atoms with Gasteiger partial charge in [-0.1, -0.05) is 60.7 Å². The lowest BCUT2D eigenvalue weighted by Crippen LogP contribution is -2.54. The van der Waals surface area contributed by atoms with Crippen LogP contribution in [-0.2, 0) is 4.79 Å². The van der Waals surface area contributed by atoms with Gasteiger partial charge in [-0.3, -0.25) is 4.79 Å². The average molecular weight is 440 g/mol. The minimum absolute atomic E-state index is 0.0401. The molecule has 1 amide bonds. The highest BCUT2D eigenvalue weighted by molar-refractivity contribution is 5.81. The molecule has 2 aromatic carbocycles. The molecular formula is C25H25N7O. The standard InChI is InChI=1S/C25H25N7O/c33-25(21-14-31(15-21)23-13-24(29-17-28-23)32-18-26-16-30-32)27-12-11-22(19-7-3-1-4-8-19)20-9-5-2-6-10-20/h1-10,13,16-18,21-22H,11-12,14-15H2,(H,27,33). The summed E-state index contributed by atoms with van der Waals surface area (Å²) >= 11 is 0. The molecule has 0 saturated carbocycles. The maximum atomic E-state index is 12.7. The fourth-order valence-electron chi connectivity index (χ4n) is 4.17. The number of aromatic nitrogens is 5. The van der Waals surface area contributed by atoms with Gasteiger partial charge >= 0.3 is 0 Å². The van der Waals surface area contributed by atoms with Crippen molar-refractivity contribution in [1.82, 2.24) is 30.0 Å². The summed E-state index contributed by atoms with van der Waals surface area (Å²) in [5.74, 6) is 1.74. The Bertz CT molecular complexity index is 1140. The molecule has 2 aromatic heterocycles. The van der Waals surface area contributed by atoms with E-state index < -0.39 is 0 Å². The smallest absolute Gasteiger partial charge is 0.226 e. The van der Waals surface area contributed by atoms with E-state index in [4.69, 9.17) is 0 Å². The van der Waals surface area contributed by atoms with Crippen LogP contribution in [0.2, 0.25) is 0 Å². The average Bonchev–Trinajstić information content (AvgIpc) is 3.37. The Morgan fingerprint density at radius 3 is 2.24 bits per heavy atom. The largest absolute Gasteiger partial charge is 0.356 e. The molecular weight excluding hydrogens is 414 g/mol. The van der Waals surface area contributed by atoms with E-state index in [9.17, 15) is 4.79 Å². The first-order chi connectivity index (χ1) is 16.3. The highest BCUT2D eigenvalue weighted by atomic mass is 16.2. The van der Waals surface area contributed by atoms with Crippen molar-refractivity contribution in [2.24, 2.45) is 5.92 Å². The fourth-order valence-corrected chi connectivity index (χ4v) is 4.17. The van der Waals surface area contributed by atoms with Crippen molar-refractivity contribution in [2.75, 3.05) is 24.5 Å². The number of nitrogens with one attached hydrogen (secondary N) is 1. The number of carbonyl (C=O) groups excluding carboxylic acids is 1. The Morgan fingerprint density at radius 2 is 1.61 bits per heavy atom. The number of benzene rings is 2. The Hall–Kier alpha value is -4.07. The molecule has 0 aliphatic carbocycles. The van der Waals surface area contributed by atoms with Crippen molar-refractivity contribution in [3.8, 4) is 5.82 Å². The third-order valence-electron chi connectivity index (χ3n) is 6.00. The Kier molecular flexibility index (Phi) is 6.06. The molecule has 5 rings (SSSR count). The van der Waals surface area contributed by atoms with E-state index in [0.29, 0.717) is 25.5 Å². The van der Waals surface area contributed by atoms with Gasteiger partial charge in [0.2, 0.25) is 5.91 Å². The van der Waals surface area contributed by atoms with Crippen LogP contribution in [0.4, 0.5) is 5.82 Å². The van der Waals surface area contributed by atoms with E-state index >= 15 is 0 Å². The van der Waals surface area contributed by atoms with Crippen molar-refractivity contribution < 1.29 is 4.79 Å². The van der Waals surface area contributed by atoms with Gasteiger partial charge in [0.15, 0.2) is 5.82 Å². The molecule has 3 heterocycles. The molecule has 1 saturated heterocycles. The maximum Gasteiger partial charge on any atom is 0.226 e. The van der Waals surface area contributed by atoms with E-state index in [-0.39, 0.29) is 17.7 Å². The van der Waals surface area contributed by atoms with Crippen LogP contribution in [0.1, 0.15) is 23.5 Å². The minimum atomic E-state index is -0.0401. The van der Waals surface area contributed by atoms with Crippen LogP contribution in [0.15, 0.2) is 85.7 Å². The summed E-state index contributed by atoms with van der Waals surface area (Å²) in [7, 11) is 0. The van der Waals surface area contributed by atoms with Gasteiger partial charge in [-0.05, 0) is 17.5 Å². The van der Waals surface area contributed by atoms with Crippen LogP contribution in [0.3, 0.4) is 0 Å². The number of nitrogens with zero attached hydrogens (tertiary/aromatic N) is 6. The van der Waals surface area contributed by atoms with Gasteiger partial charge in [0.1, 0.15) is 24.8 Å². The second-order valence-electron chi connectivity index (χ2n) is 8.13. The summed E-state index contributed by atoms with van der Waals surface area (Å²) in [6.07, 6.45) is 5.42. The molecule has 1 aliphatic heterocycles. The highest BCUT2D eigenvalue weighted by Gasteiger charge is 2.33. The van der Waals surface area contributed by atoms with Crippen LogP contribution < -0.4 is 10.2 Å². The molecule has 0 atom stereocenters. The van der Waals surface area contributed by atoms with E-state index in [2.05, 4.69) is 78.8 Å². The van der Waals surface area contributed by atoms with Gasteiger partial charge in [-0.2, -0.15) is 5.10 Å². The summed E-state index contributed by atoms with van der Waals surface area (Å²) < 4.78 is 1.59. The van der Waals surface area contributed by atoms with Crippen molar-refractivity contribution in [3.63, 3.8) is 0 Å². The first kappa shape index (κ1) is 20.8. The third kappa shape index (κ3) is 4.74. The number of carbonyl (C=O) groups is 1. The van der Waals surface area contributed by atoms with Crippen molar-refractivity contribution in [1.29, 1.82) is 0 Å². The second kappa shape index (κ2) is 9.60. The minimum Gasteiger partial charge on any atom is -0.356 e. The van der Waals surface area contributed by atoms with E-state index in [1.54, 1.807) is 11.0 Å². The Labute approximate surface area is 192 Å². The number of hydrogen-bond acceptors (Lipinski definition) is 6. The lowest BCUT2D eigenvalue weighted by Gasteiger charge is -2.39. The van der Waals surface area contributed by atoms with Gasteiger partial charge in [0, 0.05) is 31.6 Å². The normalized spacial score (nSPS) is 13.7. The lowest BCUT2D eigenvalue weighted by atomic mass is 9.88. The monoisotopic (exact) mass is 439 g/mol. The number of amides is 1. The van der Waals surface area contributed by atoms with Crippen LogP contribution in [0.5, 0.6) is 0 Å². The van der Waals surface area contributed by atoms with E-state index in [1.165, 1.54) is 23.8 Å². The molecule has 0 unspecified atom stereocenters. The van der Waals surface area contributed by atoms with E-state index in [0.717, 1.165) is 12.2 Å². The topological polar surface area (TPSA) is 88.8 Å². The lowest BCUT2D eigenvalue weighted by molar-refractivity contribution is -0.125. The Morgan fingerprint density at radius 1 is 0.939 bits per heavy atom. The molecule has 8 heteroatoms. The summed E-state index contributed by atoms with van der Waals surface area (Å²) in [4.78, 5) is 27.3. The molecule has 166 valence electrons. The highest BCUT2D eigenvalue weighted by Crippen LogP contribution is 2.28. The van der Waals surface area contributed by atoms with Gasteiger partial charge in [0.25, 0.3) is 0 Å². The predicted octanol–water partition coefficient (Wildman–Crippen LogP) is 2.83. The zero-order valence-corrected chi connectivity index (χ0v) is 18.2. The molecule has 1 aliphatic rings. The summed E-state index contributed by atoms with van der Waals surface area (Å²) in [5, 5.41) is 7.24. The van der Waals surface area contributed by atoms with Crippen molar-refractivity contribution >= 4 is 11.7 Å². The van der Waals surface area contributed by atoms with Crippen LogP contribution in [0.25, 0.3) is 5.82 Å². The molecule has 0 spiro atoms.